The summed E-state index contributed by atoms with van der Waals surface area (Å²) in [5, 5.41) is 7.12. The van der Waals surface area contributed by atoms with E-state index in [2.05, 4.69) is 15.4 Å². The number of hydrogen-bond donors (Lipinski definition) is 2. The summed E-state index contributed by atoms with van der Waals surface area (Å²) in [6.45, 7) is 0.809. The molecule has 8 nitrogen and oxygen atoms in total. The van der Waals surface area contributed by atoms with Crippen LogP contribution in [0.1, 0.15) is 29.2 Å². The van der Waals surface area contributed by atoms with Crippen LogP contribution >= 0.6 is 0 Å². The van der Waals surface area contributed by atoms with E-state index in [9.17, 15) is 9.59 Å². The second-order valence-electron chi connectivity index (χ2n) is 6.12. The normalized spacial score (nSPS) is 13.5. The maximum absolute atomic E-state index is 12.6. The van der Waals surface area contributed by atoms with Crippen LogP contribution in [0.4, 0.5) is 5.82 Å². The molecule has 0 radical (unpaired) electrons. The first-order valence-electron chi connectivity index (χ1n) is 8.21. The van der Waals surface area contributed by atoms with Gasteiger partial charge in [0.15, 0.2) is 0 Å². The highest BCUT2D eigenvalue weighted by molar-refractivity contribution is 6.04. The molecule has 4 heterocycles. The monoisotopic (exact) mass is 338 g/mol. The minimum Gasteiger partial charge on any atom is -0.318 e. The van der Waals surface area contributed by atoms with Gasteiger partial charge in [-0.1, -0.05) is 6.07 Å². The van der Waals surface area contributed by atoms with Gasteiger partial charge in [0.2, 0.25) is 5.56 Å². The number of anilines is 1. The van der Waals surface area contributed by atoms with Crippen molar-refractivity contribution in [2.24, 2.45) is 7.05 Å². The Labute approximate surface area is 143 Å². The van der Waals surface area contributed by atoms with E-state index in [1.165, 1.54) is 6.07 Å². The molecule has 0 saturated carbocycles. The number of pyridine rings is 1. The summed E-state index contributed by atoms with van der Waals surface area (Å²) in [6.07, 6.45) is 6.61. The molecule has 1 amide bonds. The van der Waals surface area contributed by atoms with Crippen LogP contribution in [-0.4, -0.2) is 30.2 Å². The predicted octanol–water partition coefficient (Wildman–Crippen LogP) is 1.56. The molecule has 3 aromatic heterocycles. The van der Waals surface area contributed by atoms with Gasteiger partial charge in [-0.25, -0.2) is 4.98 Å². The summed E-state index contributed by atoms with van der Waals surface area (Å²) in [7, 11) is 1.84. The van der Waals surface area contributed by atoms with E-state index in [1.807, 2.05) is 17.8 Å². The number of rotatable bonds is 3. The Morgan fingerprint density at radius 3 is 2.96 bits per heavy atom. The zero-order valence-electron chi connectivity index (χ0n) is 13.8. The summed E-state index contributed by atoms with van der Waals surface area (Å²) in [5.41, 5.74) is 1.46. The fourth-order valence-electron chi connectivity index (χ4n) is 3.11. The van der Waals surface area contributed by atoms with Crippen LogP contribution < -0.4 is 10.9 Å². The van der Waals surface area contributed by atoms with E-state index in [-0.39, 0.29) is 17.2 Å². The van der Waals surface area contributed by atoms with Gasteiger partial charge in [-0.05, 0) is 18.9 Å². The molecule has 0 aromatic carbocycles. The predicted molar refractivity (Wildman–Crippen MR) is 92.4 cm³/mol. The lowest BCUT2D eigenvalue weighted by Gasteiger charge is -2.16. The summed E-state index contributed by atoms with van der Waals surface area (Å²) in [4.78, 5) is 31.3. The van der Waals surface area contributed by atoms with E-state index >= 15 is 0 Å². The molecule has 0 spiro atoms. The lowest BCUT2D eigenvalue weighted by atomic mass is 10.2. The molecule has 0 saturated heterocycles. The number of hydrogen-bond acceptors (Lipinski definition) is 4. The van der Waals surface area contributed by atoms with Gasteiger partial charge in [-0.15, -0.1) is 0 Å². The number of fused-ring (bicyclic) bond motifs is 1. The lowest BCUT2D eigenvalue weighted by Crippen LogP contribution is -2.21. The fourth-order valence-corrected chi connectivity index (χ4v) is 3.11. The van der Waals surface area contributed by atoms with Crippen LogP contribution in [0, 0.1) is 0 Å². The Balaban J connectivity index is 1.76. The molecule has 4 rings (SSSR count). The third-order valence-corrected chi connectivity index (χ3v) is 4.30. The number of aryl methyl sites for hydroxylation is 2. The smallest absolute Gasteiger partial charge is 0.273 e. The lowest BCUT2D eigenvalue weighted by molar-refractivity contribution is 0.102. The summed E-state index contributed by atoms with van der Waals surface area (Å²) < 4.78 is 3.75. The van der Waals surface area contributed by atoms with Gasteiger partial charge in [0.05, 0.1) is 6.20 Å². The molecular weight excluding hydrogens is 320 g/mol. The molecule has 0 bridgehead atoms. The van der Waals surface area contributed by atoms with Gasteiger partial charge in [-0.3, -0.25) is 14.3 Å². The van der Waals surface area contributed by atoms with Crippen LogP contribution in [0.2, 0.25) is 0 Å². The quantitative estimate of drug-likeness (QED) is 0.757. The number of carbonyl (C=O) groups is 1. The highest BCUT2D eigenvalue weighted by Crippen LogP contribution is 2.31. The molecular formula is C17H18N6O2. The number of aromatic amines is 1. The van der Waals surface area contributed by atoms with Crippen molar-refractivity contribution in [2.45, 2.75) is 25.8 Å². The van der Waals surface area contributed by atoms with Gasteiger partial charge in [0, 0.05) is 37.8 Å². The fraction of sp³-hybridized carbons (Fsp3) is 0.294. The number of carbonyl (C=O) groups excluding carboxylic acids is 1. The number of aromatic nitrogens is 5. The second kappa shape index (κ2) is 6.04. The third-order valence-electron chi connectivity index (χ3n) is 4.30. The van der Waals surface area contributed by atoms with Crippen molar-refractivity contribution in [3.63, 3.8) is 0 Å². The van der Waals surface area contributed by atoms with E-state index in [1.54, 1.807) is 23.0 Å². The van der Waals surface area contributed by atoms with Crippen molar-refractivity contribution >= 4 is 11.7 Å². The highest BCUT2D eigenvalue weighted by atomic mass is 16.2. The molecule has 8 heteroatoms. The Bertz CT molecular complexity index is 997. The van der Waals surface area contributed by atoms with Gasteiger partial charge in [0.1, 0.15) is 23.0 Å². The largest absolute Gasteiger partial charge is 0.318 e. The van der Waals surface area contributed by atoms with E-state index in [4.69, 9.17) is 4.98 Å². The van der Waals surface area contributed by atoms with Gasteiger partial charge in [-0.2, -0.15) is 5.10 Å². The van der Waals surface area contributed by atoms with Crippen LogP contribution in [0.15, 0.2) is 35.4 Å². The first kappa shape index (κ1) is 15.4. The van der Waals surface area contributed by atoms with Crippen LogP contribution in [0.3, 0.4) is 0 Å². The molecule has 1 aliphatic rings. The number of imidazole rings is 1. The summed E-state index contributed by atoms with van der Waals surface area (Å²) >= 11 is 0. The molecule has 0 fully saturated rings. The average molecular weight is 338 g/mol. The van der Waals surface area contributed by atoms with Crippen molar-refractivity contribution in [2.75, 3.05) is 5.32 Å². The zero-order valence-corrected chi connectivity index (χ0v) is 13.8. The number of H-pyrrole nitrogens is 1. The van der Waals surface area contributed by atoms with Crippen LogP contribution in [0.25, 0.3) is 11.3 Å². The van der Waals surface area contributed by atoms with Gasteiger partial charge >= 0.3 is 0 Å². The summed E-state index contributed by atoms with van der Waals surface area (Å²) in [5.74, 6) is 1.25. The molecule has 3 aromatic rings. The Kier molecular flexibility index (Phi) is 3.72. The highest BCUT2D eigenvalue weighted by Gasteiger charge is 2.23. The zero-order chi connectivity index (χ0) is 17.4. The molecule has 25 heavy (non-hydrogen) atoms. The van der Waals surface area contributed by atoms with Crippen LogP contribution in [-0.2, 0) is 20.0 Å². The van der Waals surface area contributed by atoms with Gasteiger partial charge in [0.25, 0.3) is 5.91 Å². The van der Waals surface area contributed by atoms with E-state index in [0.29, 0.717) is 11.5 Å². The Morgan fingerprint density at radius 2 is 2.20 bits per heavy atom. The van der Waals surface area contributed by atoms with Crippen LogP contribution in [0.5, 0.6) is 0 Å². The van der Waals surface area contributed by atoms with E-state index in [0.717, 1.165) is 37.2 Å². The third kappa shape index (κ3) is 2.86. The molecule has 128 valence electrons. The molecule has 0 atom stereocenters. The van der Waals surface area contributed by atoms with E-state index < -0.39 is 0 Å². The van der Waals surface area contributed by atoms with Crippen molar-refractivity contribution in [3.05, 3.63) is 52.5 Å². The molecule has 2 N–H and O–H groups in total. The minimum absolute atomic E-state index is 0.219. The molecule has 0 aliphatic carbocycles. The Hall–Kier alpha value is -3.16. The SMILES string of the molecule is Cn1cc(-c2nc3n(c2NC(=O)c2cccc(=O)[nH]2)CCCC3)cn1. The average Bonchev–Trinajstić information content (AvgIpc) is 3.19. The number of nitrogens with one attached hydrogen (secondary N) is 2. The second-order valence-corrected chi connectivity index (χ2v) is 6.12. The van der Waals surface area contributed by atoms with Crippen molar-refractivity contribution in [1.82, 2.24) is 24.3 Å². The first-order chi connectivity index (χ1) is 12.1. The van der Waals surface area contributed by atoms with Gasteiger partial charge < -0.3 is 14.9 Å². The molecule has 1 aliphatic heterocycles. The minimum atomic E-state index is -0.365. The van der Waals surface area contributed by atoms with Crippen molar-refractivity contribution in [3.8, 4) is 11.3 Å². The maximum atomic E-state index is 12.6. The first-order valence-corrected chi connectivity index (χ1v) is 8.21. The Morgan fingerprint density at radius 1 is 1.32 bits per heavy atom. The maximum Gasteiger partial charge on any atom is 0.273 e. The molecule has 0 unspecified atom stereocenters. The standard InChI is InChI=1S/C17H18N6O2/c1-22-10-11(9-18-22)15-16(23-8-3-2-6-13(23)20-15)21-17(25)12-5-4-7-14(24)19-12/h4-5,7,9-10H,2-3,6,8H2,1H3,(H,19,24)(H,21,25). The van der Waals surface area contributed by atoms with Crippen molar-refractivity contribution < 1.29 is 4.79 Å². The number of amides is 1. The topological polar surface area (TPSA) is 97.6 Å². The number of nitrogens with zero attached hydrogens (tertiary/aromatic N) is 4. The van der Waals surface area contributed by atoms with Crippen molar-refractivity contribution in [1.29, 1.82) is 0 Å². The summed E-state index contributed by atoms with van der Waals surface area (Å²) in [6, 6.07) is 4.51.